The molecule has 1 aliphatic heterocycles. The van der Waals surface area contributed by atoms with E-state index in [2.05, 4.69) is 0 Å². The van der Waals surface area contributed by atoms with Crippen molar-refractivity contribution >= 4 is 49.3 Å². The number of hydrogen-bond acceptors (Lipinski definition) is 8. The number of thiazole rings is 1. The third-order valence-corrected chi connectivity index (χ3v) is 8.08. The Hall–Kier alpha value is -4.63. The van der Waals surface area contributed by atoms with E-state index >= 15 is 0 Å². The van der Waals surface area contributed by atoms with Crippen LogP contribution in [0, 0.1) is 13.8 Å². The highest BCUT2D eigenvalue weighted by molar-refractivity contribution is 7.22. The summed E-state index contributed by atoms with van der Waals surface area (Å²) in [4.78, 5) is 34.0. The van der Waals surface area contributed by atoms with Crippen LogP contribution in [-0.2, 0) is 4.79 Å². The Balaban J connectivity index is 1.51. The fourth-order valence-corrected chi connectivity index (χ4v) is 6.42. The fourth-order valence-electron chi connectivity index (χ4n) is 5.25. The summed E-state index contributed by atoms with van der Waals surface area (Å²) in [5.74, 6) is -0.894. The highest BCUT2D eigenvalue weighted by Gasteiger charge is 2.46. The lowest BCUT2D eigenvalue weighted by atomic mass is 9.95. The van der Waals surface area contributed by atoms with Gasteiger partial charge in [-0.2, -0.15) is 0 Å². The number of amides is 1. The van der Waals surface area contributed by atoms with Gasteiger partial charge in [-0.3, -0.25) is 14.5 Å². The summed E-state index contributed by atoms with van der Waals surface area (Å²) in [5, 5.41) is 12.3. The number of fused-ring (bicyclic) bond motifs is 2. The predicted octanol–water partition coefficient (Wildman–Crippen LogP) is 7.24. The number of ether oxygens (including phenoxy) is 2. The first-order valence-electron chi connectivity index (χ1n) is 13.3. The second-order valence-corrected chi connectivity index (χ2v) is 11.0. The number of ketones is 1. The number of carbonyl (C=O) groups is 2. The first-order chi connectivity index (χ1) is 19.8. The molecule has 41 heavy (non-hydrogen) atoms. The van der Waals surface area contributed by atoms with Crippen molar-refractivity contribution in [2.75, 3.05) is 18.6 Å². The van der Waals surface area contributed by atoms with Crippen molar-refractivity contribution in [1.29, 1.82) is 0 Å². The molecule has 208 valence electrons. The van der Waals surface area contributed by atoms with Gasteiger partial charge in [0.25, 0.3) is 5.91 Å². The maximum absolute atomic E-state index is 14.1. The number of furan rings is 1. The zero-order valence-electron chi connectivity index (χ0n) is 23.1. The molecule has 3 aromatic carbocycles. The number of aryl methyl sites for hydroxylation is 2. The van der Waals surface area contributed by atoms with E-state index in [0.29, 0.717) is 39.8 Å². The maximum Gasteiger partial charge on any atom is 0.296 e. The molecule has 6 rings (SSSR count). The lowest BCUT2D eigenvalue weighted by molar-refractivity contribution is -0.117. The largest absolute Gasteiger partial charge is 0.503 e. The number of benzene rings is 3. The molecule has 5 aromatic rings. The summed E-state index contributed by atoms with van der Waals surface area (Å²) in [5.41, 5.74) is 3.74. The standard InChI is InChI=1S/C32H28N2O6S/c1-5-12-39-21-10-6-8-19(15-21)27-25(28(35)23-16-20-9-7-11-22(38-4)30(20)40-23)29(36)31(37)34(27)32-33-26-18(3)13-17(2)14-24(26)41-32/h6-11,13-16,27,36H,5,12H2,1-4H3. The Morgan fingerprint density at radius 1 is 1.12 bits per heavy atom. The van der Waals surface area contributed by atoms with Crippen LogP contribution in [0.2, 0.25) is 0 Å². The van der Waals surface area contributed by atoms with Crippen LogP contribution >= 0.6 is 11.3 Å². The summed E-state index contributed by atoms with van der Waals surface area (Å²) >= 11 is 1.34. The third-order valence-electron chi connectivity index (χ3n) is 7.08. The van der Waals surface area contributed by atoms with Crippen LogP contribution < -0.4 is 14.4 Å². The molecule has 0 saturated heterocycles. The average molecular weight is 569 g/mol. The van der Waals surface area contributed by atoms with E-state index in [1.165, 1.54) is 23.3 Å². The minimum atomic E-state index is -0.961. The number of rotatable bonds is 8. The van der Waals surface area contributed by atoms with E-state index in [9.17, 15) is 14.7 Å². The Labute approximate surface area is 240 Å². The summed E-state index contributed by atoms with van der Waals surface area (Å²) < 4.78 is 18.1. The summed E-state index contributed by atoms with van der Waals surface area (Å²) in [6, 6.07) is 17.2. The number of aliphatic hydroxyl groups excluding tert-OH is 1. The fraction of sp³-hybridized carbons (Fsp3) is 0.219. The van der Waals surface area contributed by atoms with E-state index in [1.807, 2.05) is 39.0 Å². The number of aliphatic hydroxyl groups is 1. The average Bonchev–Trinajstić information content (AvgIpc) is 3.66. The quantitative estimate of drug-likeness (QED) is 0.197. The molecule has 0 spiro atoms. The molecule has 1 unspecified atom stereocenters. The molecular formula is C32H28N2O6S. The van der Waals surface area contributed by atoms with E-state index in [0.717, 1.165) is 27.8 Å². The Bertz CT molecular complexity index is 1870. The van der Waals surface area contributed by atoms with Crippen LogP contribution in [0.3, 0.4) is 0 Å². The monoisotopic (exact) mass is 568 g/mol. The van der Waals surface area contributed by atoms with Gasteiger partial charge in [0.05, 0.1) is 35.5 Å². The molecule has 2 aromatic heterocycles. The number of Topliss-reactive ketones (excluding diaryl/α,β-unsaturated/α-hetero) is 1. The van der Waals surface area contributed by atoms with Crippen molar-refractivity contribution in [1.82, 2.24) is 4.98 Å². The lowest BCUT2D eigenvalue weighted by Gasteiger charge is -2.24. The molecule has 1 amide bonds. The van der Waals surface area contributed by atoms with Crippen molar-refractivity contribution in [3.63, 3.8) is 0 Å². The minimum absolute atomic E-state index is 0.0140. The van der Waals surface area contributed by atoms with E-state index < -0.39 is 23.5 Å². The molecule has 0 saturated carbocycles. The smallest absolute Gasteiger partial charge is 0.296 e. The van der Waals surface area contributed by atoms with Crippen molar-refractivity contribution < 1.29 is 28.6 Å². The second-order valence-electron chi connectivity index (χ2n) is 10.0. The predicted molar refractivity (Wildman–Crippen MR) is 158 cm³/mol. The SMILES string of the molecule is CCCOc1cccc(C2C(C(=O)c3cc4cccc(OC)c4o3)=C(O)C(=O)N2c2nc3c(C)cc(C)cc3s2)c1. The lowest BCUT2D eigenvalue weighted by Crippen LogP contribution is -2.31. The van der Waals surface area contributed by atoms with Gasteiger partial charge in [-0.15, -0.1) is 0 Å². The normalized spacial score (nSPS) is 15.4. The zero-order valence-corrected chi connectivity index (χ0v) is 23.9. The van der Waals surface area contributed by atoms with Gasteiger partial charge in [0.15, 0.2) is 28.0 Å². The van der Waals surface area contributed by atoms with Crippen LogP contribution in [0.4, 0.5) is 5.13 Å². The maximum atomic E-state index is 14.1. The molecule has 0 aliphatic carbocycles. The number of nitrogens with zero attached hydrogens (tertiary/aromatic N) is 2. The van der Waals surface area contributed by atoms with Gasteiger partial charge in [-0.05, 0) is 67.3 Å². The van der Waals surface area contributed by atoms with Gasteiger partial charge in [-0.25, -0.2) is 4.98 Å². The number of methoxy groups -OCH3 is 1. The summed E-state index contributed by atoms with van der Waals surface area (Å²) in [7, 11) is 1.52. The first kappa shape index (κ1) is 26.6. The minimum Gasteiger partial charge on any atom is -0.503 e. The summed E-state index contributed by atoms with van der Waals surface area (Å²) in [6.45, 7) is 6.50. The van der Waals surface area contributed by atoms with Crippen LogP contribution in [0.1, 0.15) is 46.6 Å². The molecule has 0 radical (unpaired) electrons. The molecule has 1 aliphatic rings. The van der Waals surface area contributed by atoms with Crippen molar-refractivity contribution in [3.05, 3.63) is 94.4 Å². The number of para-hydroxylation sites is 1. The van der Waals surface area contributed by atoms with Crippen LogP contribution in [0.15, 0.2) is 76.4 Å². The van der Waals surface area contributed by atoms with Crippen molar-refractivity contribution in [2.45, 2.75) is 33.2 Å². The van der Waals surface area contributed by atoms with Crippen LogP contribution in [0.25, 0.3) is 21.2 Å². The highest BCUT2D eigenvalue weighted by Crippen LogP contribution is 2.45. The van der Waals surface area contributed by atoms with Crippen molar-refractivity contribution in [3.8, 4) is 11.5 Å². The first-order valence-corrected chi connectivity index (χ1v) is 14.1. The molecule has 0 bridgehead atoms. The molecule has 1 atom stereocenters. The van der Waals surface area contributed by atoms with Gasteiger partial charge in [0.1, 0.15) is 5.75 Å². The van der Waals surface area contributed by atoms with E-state index in [1.54, 1.807) is 42.5 Å². The Kier molecular flexibility index (Phi) is 6.75. The topological polar surface area (TPSA) is 102 Å². The van der Waals surface area contributed by atoms with Gasteiger partial charge in [-0.1, -0.05) is 48.6 Å². The third kappa shape index (κ3) is 4.52. The number of carbonyl (C=O) groups excluding carboxylic acids is 2. The van der Waals surface area contributed by atoms with Crippen molar-refractivity contribution in [2.24, 2.45) is 0 Å². The molecule has 8 nitrogen and oxygen atoms in total. The van der Waals surface area contributed by atoms with Gasteiger partial charge in [0.2, 0.25) is 5.78 Å². The Morgan fingerprint density at radius 2 is 1.93 bits per heavy atom. The van der Waals surface area contributed by atoms with E-state index in [-0.39, 0.29) is 11.3 Å². The number of aromatic nitrogens is 1. The van der Waals surface area contributed by atoms with Crippen LogP contribution in [0.5, 0.6) is 11.5 Å². The summed E-state index contributed by atoms with van der Waals surface area (Å²) in [6.07, 6.45) is 0.822. The molecule has 1 N–H and O–H groups in total. The molecule has 0 fully saturated rings. The molecular weight excluding hydrogens is 540 g/mol. The molecule has 9 heteroatoms. The van der Waals surface area contributed by atoms with Gasteiger partial charge in [0, 0.05) is 5.39 Å². The highest BCUT2D eigenvalue weighted by atomic mass is 32.1. The number of anilines is 1. The number of hydrogen-bond donors (Lipinski definition) is 1. The Morgan fingerprint density at radius 3 is 2.71 bits per heavy atom. The molecule has 3 heterocycles. The van der Waals surface area contributed by atoms with Crippen LogP contribution in [-0.4, -0.2) is 35.5 Å². The van der Waals surface area contributed by atoms with E-state index in [4.69, 9.17) is 18.9 Å². The van der Waals surface area contributed by atoms with Gasteiger partial charge >= 0.3 is 0 Å². The van der Waals surface area contributed by atoms with Gasteiger partial charge < -0.3 is 19.0 Å². The zero-order chi connectivity index (χ0) is 28.8. The second kappa shape index (κ2) is 10.4.